The molecule has 0 aromatic rings. The van der Waals surface area contributed by atoms with Crippen LogP contribution < -0.4 is 0 Å². The highest BCUT2D eigenvalue weighted by atomic mass is 16.7. The average molecular weight is 839 g/mol. The van der Waals surface area contributed by atoms with Gasteiger partial charge in [-0.1, -0.05) is 199 Å². The predicted molar refractivity (Wildman–Crippen MR) is 242 cm³/mol. The molecule has 1 fully saturated rings. The molecule has 0 amide bonds. The van der Waals surface area contributed by atoms with Crippen molar-refractivity contribution in [2.45, 2.75) is 263 Å². The maximum absolute atomic E-state index is 12.7. The molecule has 0 saturated carbocycles. The molecule has 0 radical (unpaired) electrons. The highest BCUT2D eigenvalue weighted by Gasteiger charge is 2.44. The van der Waals surface area contributed by atoms with E-state index in [1.54, 1.807) is 0 Å². The van der Waals surface area contributed by atoms with Crippen LogP contribution in [0.3, 0.4) is 0 Å². The summed E-state index contributed by atoms with van der Waals surface area (Å²) in [7, 11) is 0. The highest BCUT2D eigenvalue weighted by Crippen LogP contribution is 2.23. The van der Waals surface area contributed by atoms with Gasteiger partial charge in [0.25, 0.3) is 0 Å². The molecule has 59 heavy (non-hydrogen) atoms. The normalized spacial score (nSPS) is 20.3. The second-order valence-electron chi connectivity index (χ2n) is 17.3. The Morgan fingerprint density at radius 1 is 0.542 bits per heavy atom. The lowest BCUT2D eigenvalue weighted by Gasteiger charge is -2.39. The number of aliphatic hydroxyl groups is 4. The number of unbranched alkanes of at least 4 members (excludes halogenated alkanes) is 28. The van der Waals surface area contributed by atoms with Gasteiger partial charge in [-0.05, 0) is 44.9 Å². The largest absolute Gasteiger partial charge is 0.457 e. The average Bonchev–Trinajstić information content (AvgIpc) is 3.24. The minimum absolute atomic E-state index is 0.109. The Kier molecular flexibility index (Phi) is 39.6. The number of hydrogen-bond acceptors (Lipinski definition) is 9. The second kappa shape index (κ2) is 42.0. The molecule has 9 heteroatoms. The van der Waals surface area contributed by atoms with Gasteiger partial charge in [-0.3, -0.25) is 4.79 Å². The Bertz CT molecular complexity index is 957. The molecule has 1 aliphatic heterocycles. The van der Waals surface area contributed by atoms with Gasteiger partial charge in [0, 0.05) is 13.0 Å². The fourth-order valence-corrected chi connectivity index (χ4v) is 7.70. The number of hydrogen-bond donors (Lipinski definition) is 4. The van der Waals surface area contributed by atoms with E-state index < -0.39 is 43.4 Å². The summed E-state index contributed by atoms with van der Waals surface area (Å²) in [6.07, 6.45) is 42.3. The van der Waals surface area contributed by atoms with E-state index in [4.69, 9.17) is 18.9 Å². The summed E-state index contributed by atoms with van der Waals surface area (Å²) in [6, 6.07) is 0. The third kappa shape index (κ3) is 33.0. The molecule has 4 N–H and O–H groups in total. The van der Waals surface area contributed by atoms with Gasteiger partial charge < -0.3 is 39.4 Å². The van der Waals surface area contributed by atoms with Gasteiger partial charge in [0.2, 0.25) is 0 Å². The number of carbonyl (C=O) groups is 1. The summed E-state index contributed by atoms with van der Waals surface area (Å²) in [5, 5.41) is 40.1. The topological polar surface area (TPSA) is 135 Å². The lowest BCUT2D eigenvalue weighted by Crippen LogP contribution is -2.59. The third-order valence-electron chi connectivity index (χ3n) is 11.6. The summed E-state index contributed by atoms with van der Waals surface area (Å²) in [4.78, 5) is 12.7. The van der Waals surface area contributed by atoms with Crippen molar-refractivity contribution in [2.24, 2.45) is 0 Å². The van der Waals surface area contributed by atoms with Crippen LogP contribution in [-0.2, 0) is 23.7 Å². The molecule has 9 nitrogen and oxygen atoms in total. The van der Waals surface area contributed by atoms with E-state index in [2.05, 4.69) is 38.2 Å². The van der Waals surface area contributed by atoms with Crippen molar-refractivity contribution in [1.29, 1.82) is 0 Å². The van der Waals surface area contributed by atoms with Crippen LogP contribution in [0.15, 0.2) is 24.3 Å². The smallest absolute Gasteiger partial charge is 0.306 e. The van der Waals surface area contributed by atoms with Crippen LogP contribution in [0.5, 0.6) is 0 Å². The maximum atomic E-state index is 12.7. The first kappa shape index (κ1) is 55.7. The lowest BCUT2D eigenvalue weighted by molar-refractivity contribution is -0.305. The summed E-state index contributed by atoms with van der Waals surface area (Å²) < 4.78 is 22.8. The van der Waals surface area contributed by atoms with E-state index in [-0.39, 0.29) is 19.2 Å². The molecule has 0 aliphatic carbocycles. The van der Waals surface area contributed by atoms with E-state index in [0.29, 0.717) is 13.0 Å². The van der Waals surface area contributed by atoms with Crippen molar-refractivity contribution in [3.05, 3.63) is 24.3 Å². The standard InChI is InChI=1S/C50H94O9/c1-3-5-7-9-11-13-15-16-17-18-19-20-21-22-23-24-25-26-27-28-29-30-32-34-36-38-40-56-42-44(43-57-50-49(55)48(54)47(53)45(41-51)59-50)58-46(52)39-37-35-33-31-14-12-10-8-6-4-2/h15-16,18-19,44-45,47-51,53-55H,3-14,17,20-43H2,1-2H3/b16-15-,19-18-. The Labute approximate surface area is 362 Å². The van der Waals surface area contributed by atoms with Gasteiger partial charge >= 0.3 is 5.97 Å². The molecule has 0 aromatic carbocycles. The predicted octanol–water partition coefficient (Wildman–Crippen LogP) is 11.8. The molecule has 6 atom stereocenters. The molecule has 1 aliphatic rings. The Morgan fingerprint density at radius 2 is 0.983 bits per heavy atom. The number of esters is 1. The first-order valence-electron chi connectivity index (χ1n) is 24.9. The number of rotatable bonds is 43. The Hall–Kier alpha value is -1.33. The summed E-state index contributed by atoms with van der Waals surface area (Å²) in [5.41, 5.74) is 0. The molecule has 0 spiro atoms. The van der Waals surface area contributed by atoms with Crippen molar-refractivity contribution < 1.29 is 44.2 Å². The first-order valence-corrected chi connectivity index (χ1v) is 24.9. The van der Waals surface area contributed by atoms with E-state index >= 15 is 0 Å². The van der Waals surface area contributed by atoms with Gasteiger partial charge in [0.1, 0.15) is 30.5 Å². The first-order chi connectivity index (χ1) is 28.9. The van der Waals surface area contributed by atoms with Crippen molar-refractivity contribution >= 4 is 5.97 Å². The van der Waals surface area contributed by atoms with Crippen molar-refractivity contribution in [1.82, 2.24) is 0 Å². The fraction of sp³-hybridized carbons (Fsp3) is 0.900. The SMILES string of the molecule is CCCCCCC/C=C\C/C=C\CCCCCCCCCCCCCCCCOCC(COC1OC(CO)C(O)C(O)C1O)OC(=O)CCCCCCCCCCCC. The third-order valence-corrected chi connectivity index (χ3v) is 11.6. The lowest BCUT2D eigenvalue weighted by atomic mass is 9.99. The zero-order valence-electron chi connectivity index (χ0n) is 38.3. The minimum Gasteiger partial charge on any atom is -0.457 e. The van der Waals surface area contributed by atoms with Gasteiger partial charge in [0.05, 0.1) is 19.8 Å². The zero-order chi connectivity index (χ0) is 42.9. The van der Waals surface area contributed by atoms with Crippen LogP contribution in [0.25, 0.3) is 0 Å². The van der Waals surface area contributed by atoms with Crippen LogP contribution >= 0.6 is 0 Å². The molecule has 6 unspecified atom stereocenters. The minimum atomic E-state index is -1.53. The van der Waals surface area contributed by atoms with Crippen LogP contribution in [0, 0.1) is 0 Å². The summed E-state index contributed by atoms with van der Waals surface area (Å²) in [6.45, 7) is 4.56. The number of ether oxygens (including phenoxy) is 4. The van der Waals surface area contributed by atoms with Crippen molar-refractivity contribution in [3.63, 3.8) is 0 Å². The molecular weight excluding hydrogens is 745 g/mol. The fourth-order valence-electron chi connectivity index (χ4n) is 7.70. The molecule has 1 heterocycles. The van der Waals surface area contributed by atoms with Gasteiger partial charge in [0.15, 0.2) is 6.29 Å². The van der Waals surface area contributed by atoms with Gasteiger partial charge in [-0.25, -0.2) is 0 Å². The van der Waals surface area contributed by atoms with E-state index in [0.717, 1.165) is 38.5 Å². The van der Waals surface area contributed by atoms with Crippen LogP contribution in [0.1, 0.15) is 226 Å². The summed E-state index contributed by atoms with van der Waals surface area (Å²) in [5.74, 6) is -0.313. The molecule has 1 rings (SSSR count). The zero-order valence-corrected chi connectivity index (χ0v) is 38.3. The second-order valence-corrected chi connectivity index (χ2v) is 17.3. The Morgan fingerprint density at radius 3 is 1.46 bits per heavy atom. The monoisotopic (exact) mass is 839 g/mol. The highest BCUT2D eigenvalue weighted by molar-refractivity contribution is 5.69. The van der Waals surface area contributed by atoms with Gasteiger partial charge in [-0.2, -0.15) is 0 Å². The molecule has 1 saturated heterocycles. The quantitative estimate of drug-likeness (QED) is 0.0269. The molecule has 0 aromatic heterocycles. The number of carbonyl (C=O) groups excluding carboxylic acids is 1. The van der Waals surface area contributed by atoms with E-state index in [9.17, 15) is 25.2 Å². The van der Waals surface area contributed by atoms with Crippen LogP contribution in [0.4, 0.5) is 0 Å². The molecular formula is C50H94O9. The van der Waals surface area contributed by atoms with Crippen LogP contribution in [0.2, 0.25) is 0 Å². The van der Waals surface area contributed by atoms with E-state index in [1.807, 2.05) is 0 Å². The van der Waals surface area contributed by atoms with Gasteiger partial charge in [-0.15, -0.1) is 0 Å². The number of aliphatic hydroxyl groups excluding tert-OH is 4. The van der Waals surface area contributed by atoms with Crippen molar-refractivity contribution in [2.75, 3.05) is 26.4 Å². The van der Waals surface area contributed by atoms with Crippen LogP contribution in [-0.4, -0.2) is 89.6 Å². The molecule has 348 valence electrons. The molecule has 0 bridgehead atoms. The van der Waals surface area contributed by atoms with Crippen molar-refractivity contribution in [3.8, 4) is 0 Å². The number of allylic oxidation sites excluding steroid dienone is 4. The summed E-state index contributed by atoms with van der Waals surface area (Å²) >= 11 is 0. The maximum Gasteiger partial charge on any atom is 0.306 e. The Balaban J connectivity index is 2.12. The van der Waals surface area contributed by atoms with E-state index in [1.165, 1.54) is 167 Å².